The van der Waals surface area contributed by atoms with Gasteiger partial charge in [0.15, 0.2) is 5.78 Å². The number of alkyl halides is 3. The monoisotopic (exact) mass is 276 g/mol. The molecule has 3 nitrogen and oxygen atoms in total. The molecule has 1 N–H and O–H groups in total. The Balaban J connectivity index is 0.000000555. The number of aliphatic hydroxyl groups is 1. The molecule has 0 fully saturated rings. The fraction of sp³-hybridized carbons (Fsp3) is 0.385. The smallest absolute Gasteiger partial charge is 0.389 e. The molecule has 1 aromatic carbocycles. The van der Waals surface area contributed by atoms with Gasteiger partial charge in [-0.05, 0) is 25.0 Å². The predicted octanol–water partition coefficient (Wildman–Crippen LogP) is 2.40. The van der Waals surface area contributed by atoms with E-state index in [1.54, 1.807) is 6.07 Å². The van der Waals surface area contributed by atoms with Crippen molar-refractivity contribution in [2.24, 2.45) is 0 Å². The molecular formula is C13H15F3O3. The Bertz CT molecular complexity index is 414. The lowest BCUT2D eigenvalue weighted by Gasteiger charge is -2.07. The fourth-order valence-corrected chi connectivity index (χ4v) is 1.13. The number of benzene rings is 1. The topological polar surface area (TPSA) is 54.4 Å². The van der Waals surface area contributed by atoms with E-state index in [2.05, 4.69) is 0 Å². The standard InChI is InChI=1S/C10H9F3O.C3H6O2/c11-10(12,13)9-5-1-3-8(7-9)4-2-6-14;1-3(5)2-4/h1,3,5-7H,2,4H2;4H,2H2,1H3. The molecule has 0 radical (unpaired) electrons. The second kappa shape index (κ2) is 8.42. The first-order valence-electron chi connectivity index (χ1n) is 5.51. The maximum Gasteiger partial charge on any atom is 0.416 e. The summed E-state index contributed by atoms with van der Waals surface area (Å²) in [6.45, 7) is 1.000. The second-order valence-corrected chi connectivity index (χ2v) is 3.76. The van der Waals surface area contributed by atoms with Crippen LogP contribution in [0.5, 0.6) is 0 Å². The average molecular weight is 276 g/mol. The molecule has 0 unspecified atom stereocenters. The van der Waals surface area contributed by atoms with Crippen molar-refractivity contribution in [2.75, 3.05) is 6.61 Å². The summed E-state index contributed by atoms with van der Waals surface area (Å²) in [5.74, 6) is -0.190. The lowest BCUT2D eigenvalue weighted by atomic mass is 10.1. The highest BCUT2D eigenvalue weighted by Gasteiger charge is 2.30. The number of aryl methyl sites for hydroxylation is 1. The summed E-state index contributed by atoms with van der Waals surface area (Å²) < 4.78 is 36.7. The zero-order valence-electron chi connectivity index (χ0n) is 10.4. The van der Waals surface area contributed by atoms with Gasteiger partial charge in [0.05, 0.1) is 5.56 Å². The Labute approximate surface area is 109 Å². The molecule has 0 saturated heterocycles. The molecule has 0 amide bonds. The first-order valence-corrected chi connectivity index (χ1v) is 5.51. The van der Waals surface area contributed by atoms with Gasteiger partial charge in [0, 0.05) is 6.42 Å². The first-order chi connectivity index (χ1) is 8.81. The molecule has 19 heavy (non-hydrogen) atoms. The number of carbonyl (C=O) groups excluding carboxylic acids is 2. The number of aldehydes is 1. The van der Waals surface area contributed by atoms with Crippen molar-refractivity contribution in [1.29, 1.82) is 0 Å². The van der Waals surface area contributed by atoms with E-state index in [9.17, 15) is 22.8 Å². The summed E-state index contributed by atoms with van der Waals surface area (Å²) in [7, 11) is 0. The van der Waals surface area contributed by atoms with Crippen molar-refractivity contribution >= 4 is 12.1 Å². The van der Waals surface area contributed by atoms with Gasteiger partial charge < -0.3 is 9.90 Å². The molecule has 0 aromatic heterocycles. The van der Waals surface area contributed by atoms with Crippen LogP contribution >= 0.6 is 0 Å². The highest BCUT2D eigenvalue weighted by molar-refractivity contribution is 5.76. The molecule has 106 valence electrons. The van der Waals surface area contributed by atoms with Crippen molar-refractivity contribution in [2.45, 2.75) is 25.9 Å². The Morgan fingerprint density at radius 1 is 1.37 bits per heavy atom. The Kier molecular flexibility index (Phi) is 7.67. The molecular weight excluding hydrogens is 261 g/mol. The SMILES string of the molecule is CC(=O)CO.O=CCCc1cccc(C(F)(F)F)c1. The van der Waals surface area contributed by atoms with E-state index in [1.807, 2.05) is 0 Å². The largest absolute Gasteiger partial charge is 0.416 e. The first kappa shape index (κ1) is 17.3. The number of Topliss-reactive ketones (excluding diaryl/α,β-unsaturated/α-hetero) is 1. The molecule has 0 aliphatic heterocycles. The van der Waals surface area contributed by atoms with Gasteiger partial charge in [0.2, 0.25) is 0 Å². The van der Waals surface area contributed by atoms with Crippen molar-refractivity contribution in [3.05, 3.63) is 35.4 Å². The van der Waals surface area contributed by atoms with Gasteiger partial charge in [0.1, 0.15) is 12.9 Å². The van der Waals surface area contributed by atoms with Crippen molar-refractivity contribution in [3.63, 3.8) is 0 Å². The Morgan fingerprint density at radius 3 is 2.37 bits per heavy atom. The molecule has 0 spiro atoms. The van der Waals surface area contributed by atoms with Crippen LogP contribution in [0, 0.1) is 0 Å². The molecule has 0 aliphatic carbocycles. The summed E-state index contributed by atoms with van der Waals surface area (Å²) in [4.78, 5) is 19.6. The lowest BCUT2D eigenvalue weighted by Crippen LogP contribution is -2.05. The highest BCUT2D eigenvalue weighted by atomic mass is 19.4. The number of hydrogen-bond acceptors (Lipinski definition) is 3. The summed E-state index contributed by atoms with van der Waals surface area (Å²) in [5.41, 5.74) is -0.132. The number of ketones is 1. The number of carbonyl (C=O) groups is 2. The van der Waals surface area contributed by atoms with Gasteiger partial charge in [-0.1, -0.05) is 18.2 Å². The number of hydrogen-bond donors (Lipinski definition) is 1. The van der Waals surface area contributed by atoms with Crippen LogP contribution in [0.3, 0.4) is 0 Å². The van der Waals surface area contributed by atoms with Crippen LogP contribution in [0.2, 0.25) is 0 Å². The minimum Gasteiger partial charge on any atom is -0.389 e. The third-order valence-electron chi connectivity index (χ3n) is 2.03. The highest BCUT2D eigenvalue weighted by Crippen LogP contribution is 2.29. The van der Waals surface area contributed by atoms with Crippen LogP contribution in [-0.2, 0) is 22.2 Å². The Morgan fingerprint density at radius 2 is 1.95 bits per heavy atom. The van der Waals surface area contributed by atoms with Crippen molar-refractivity contribution < 1.29 is 27.9 Å². The number of rotatable bonds is 4. The number of aliphatic hydroxyl groups excluding tert-OH is 1. The lowest BCUT2D eigenvalue weighted by molar-refractivity contribution is -0.137. The van der Waals surface area contributed by atoms with E-state index in [1.165, 1.54) is 13.0 Å². The van der Waals surface area contributed by atoms with E-state index >= 15 is 0 Å². The molecule has 1 rings (SSSR count). The van der Waals surface area contributed by atoms with Gasteiger partial charge in [-0.25, -0.2) is 0 Å². The van der Waals surface area contributed by atoms with E-state index in [0.29, 0.717) is 18.3 Å². The van der Waals surface area contributed by atoms with Crippen molar-refractivity contribution in [1.82, 2.24) is 0 Å². The zero-order valence-corrected chi connectivity index (χ0v) is 10.4. The van der Waals surface area contributed by atoms with Gasteiger partial charge in [-0.2, -0.15) is 13.2 Å². The minimum absolute atomic E-state index is 0.190. The predicted molar refractivity (Wildman–Crippen MR) is 63.6 cm³/mol. The molecule has 6 heteroatoms. The molecule has 0 atom stereocenters. The van der Waals surface area contributed by atoms with Crippen molar-refractivity contribution in [3.8, 4) is 0 Å². The fourth-order valence-electron chi connectivity index (χ4n) is 1.13. The van der Waals surface area contributed by atoms with Gasteiger partial charge in [-0.15, -0.1) is 0 Å². The third kappa shape index (κ3) is 8.10. The average Bonchev–Trinajstić information content (AvgIpc) is 2.36. The van der Waals surface area contributed by atoms with Gasteiger partial charge >= 0.3 is 6.18 Å². The van der Waals surface area contributed by atoms with Crippen LogP contribution in [0.15, 0.2) is 24.3 Å². The number of halogens is 3. The van der Waals surface area contributed by atoms with E-state index in [4.69, 9.17) is 5.11 Å². The van der Waals surface area contributed by atoms with Gasteiger partial charge in [0.25, 0.3) is 0 Å². The molecule has 0 saturated carbocycles. The molecule has 0 bridgehead atoms. The van der Waals surface area contributed by atoms with E-state index in [0.717, 1.165) is 12.1 Å². The summed E-state index contributed by atoms with van der Waals surface area (Å²) >= 11 is 0. The van der Waals surface area contributed by atoms with Gasteiger partial charge in [-0.3, -0.25) is 4.79 Å². The van der Waals surface area contributed by atoms with Crippen LogP contribution in [0.4, 0.5) is 13.2 Å². The molecule has 1 aromatic rings. The zero-order chi connectivity index (χ0) is 14.9. The quantitative estimate of drug-likeness (QED) is 0.859. The maximum absolute atomic E-state index is 12.2. The minimum atomic E-state index is -4.31. The normalized spacial score (nSPS) is 10.4. The van der Waals surface area contributed by atoms with Crippen LogP contribution < -0.4 is 0 Å². The van der Waals surface area contributed by atoms with E-state index in [-0.39, 0.29) is 18.8 Å². The summed E-state index contributed by atoms with van der Waals surface area (Å²) in [6, 6.07) is 5.02. The maximum atomic E-state index is 12.2. The van der Waals surface area contributed by atoms with Crippen LogP contribution in [-0.4, -0.2) is 23.8 Å². The molecule has 0 aliphatic rings. The summed E-state index contributed by atoms with van der Waals surface area (Å²) in [6.07, 6.45) is -3.01. The van der Waals surface area contributed by atoms with Crippen LogP contribution in [0.1, 0.15) is 24.5 Å². The van der Waals surface area contributed by atoms with E-state index < -0.39 is 11.7 Å². The summed E-state index contributed by atoms with van der Waals surface area (Å²) in [5, 5.41) is 7.79. The Hall–Kier alpha value is -1.69. The third-order valence-corrected chi connectivity index (χ3v) is 2.03. The second-order valence-electron chi connectivity index (χ2n) is 3.76. The molecule has 0 heterocycles. The van der Waals surface area contributed by atoms with Crippen LogP contribution in [0.25, 0.3) is 0 Å².